The molecule has 11 heteroatoms. The molecule has 3 rings (SSSR count). The molecule has 0 aromatic heterocycles. The number of carbonyl (C=O) groups excluding carboxylic acids is 2. The molecule has 1 aliphatic carbocycles. The van der Waals surface area contributed by atoms with E-state index in [0.717, 1.165) is 36.4 Å². The van der Waals surface area contributed by atoms with Crippen LogP contribution in [0.15, 0.2) is 23.1 Å². The van der Waals surface area contributed by atoms with E-state index in [0.29, 0.717) is 17.8 Å². The SMILES string of the molecule is Cc1ccc(NC(=O)C(C)[N+]2(C3CCCCC3)NCC(Cl)C(Cl)C2=O)cc1S(=O)(=O)N(C)C. The molecule has 1 saturated carbocycles. The Morgan fingerprint density at radius 1 is 1.21 bits per heavy atom. The van der Waals surface area contributed by atoms with Crippen molar-refractivity contribution in [3.05, 3.63) is 23.8 Å². The third kappa shape index (κ3) is 4.94. The number of hydrogen-bond acceptors (Lipinski definition) is 5. The predicted molar refractivity (Wildman–Crippen MR) is 130 cm³/mol. The third-order valence-corrected chi connectivity index (χ3v) is 9.80. The Kier molecular flexibility index (Phi) is 8.13. The molecular weight excluding hydrogens is 487 g/mol. The van der Waals surface area contributed by atoms with Crippen LogP contribution >= 0.6 is 23.2 Å². The van der Waals surface area contributed by atoms with Gasteiger partial charge in [-0.1, -0.05) is 12.5 Å². The summed E-state index contributed by atoms with van der Waals surface area (Å²) < 4.78 is 26.2. The molecule has 2 N–H and O–H groups in total. The van der Waals surface area contributed by atoms with E-state index in [1.54, 1.807) is 26.0 Å². The molecular formula is C22H33Cl2N4O4S+. The molecule has 1 aromatic rings. The number of anilines is 1. The summed E-state index contributed by atoms with van der Waals surface area (Å²) >= 11 is 12.7. The summed E-state index contributed by atoms with van der Waals surface area (Å²) in [4.78, 5) is 27.0. The van der Waals surface area contributed by atoms with E-state index in [4.69, 9.17) is 23.2 Å². The Morgan fingerprint density at radius 3 is 2.45 bits per heavy atom. The fourth-order valence-corrected chi connectivity index (χ4v) is 6.38. The maximum absolute atomic E-state index is 13.5. The Morgan fingerprint density at radius 2 is 1.85 bits per heavy atom. The van der Waals surface area contributed by atoms with Crippen LogP contribution in [0, 0.1) is 6.92 Å². The number of carbonyl (C=O) groups is 2. The highest BCUT2D eigenvalue weighted by Gasteiger charge is 2.58. The van der Waals surface area contributed by atoms with Crippen molar-refractivity contribution in [2.24, 2.45) is 0 Å². The molecule has 4 unspecified atom stereocenters. The molecule has 184 valence electrons. The minimum atomic E-state index is -3.68. The van der Waals surface area contributed by atoms with E-state index in [-0.39, 0.29) is 21.4 Å². The van der Waals surface area contributed by atoms with Crippen LogP contribution in [0.4, 0.5) is 5.69 Å². The van der Waals surface area contributed by atoms with E-state index >= 15 is 0 Å². The maximum atomic E-state index is 13.5. The van der Waals surface area contributed by atoms with Gasteiger partial charge in [0.05, 0.1) is 16.8 Å². The zero-order chi connectivity index (χ0) is 24.6. The van der Waals surface area contributed by atoms with Crippen molar-refractivity contribution in [3.63, 3.8) is 0 Å². The number of hydrogen-bond donors (Lipinski definition) is 2. The molecule has 2 fully saturated rings. The molecule has 1 aromatic carbocycles. The average molecular weight is 521 g/mol. The van der Waals surface area contributed by atoms with E-state index in [1.165, 1.54) is 20.2 Å². The first-order chi connectivity index (χ1) is 15.4. The van der Waals surface area contributed by atoms with Crippen molar-refractivity contribution in [2.75, 3.05) is 26.0 Å². The summed E-state index contributed by atoms with van der Waals surface area (Å²) in [6.45, 7) is 3.72. The minimum absolute atomic E-state index is 0.0832. The Bertz CT molecular complexity index is 1010. The number of quaternary nitrogens is 1. The summed E-state index contributed by atoms with van der Waals surface area (Å²) in [5, 5.41) is 1.37. The maximum Gasteiger partial charge on any atom is 0.353 e. The predicted octanol–water partition coefficient (Wildman–Crippen LogP) is 2.98. The number of rotatable bonds is 6. The van der Waals surface area contributed by atoms with Gasteiger partial charge in [-0.2, -0.15) is 10.0 Å². The minimum Gasteiger partial charge on any atom is -0.321 e. The highest BCUT2D eigenvalue weighted by atomic mass is 35.5. The summed E-state index contributed by atoms with van der Waals surface area (Å²) in [6, 6.07) is 3.88. The molecule has 0 spiro atoms. The van der Waals surface area contributed by atoms with Crippen LogP contribution in [0.1, 0.15) is 44.6 Å². The molecule has 2 amide bonds. The van der Waals surface area contributed by atoms with Crippen molar-refractivity contribution < 1.29 is 22.6 Å². The van der Waals surface area contributed by atoms with Gasteiger partial charge in [0.2, 0.25) is 10.0 Å². The monoisotopic (exact) mass is 519 g/mol. The van der Waals surface area contributed by atoms with Gasteiger partial charge in [0.25, 0.3) is 5.91 Å². The van der Waals surface area contributed by atoms with Gasteiger partial charge < -0.3 is 5.32 Å². The number of halogens is 2. The van der Waals surface area contributed by atoms with Crippen molar-refractivity contribution in [1.82, 2.24) is 9.73 Å². The van der Waals surface area contributed by atoms with Gasteiger partial charge in [0, 0.05) is 32.6 Å². The second kappa shape index (κ2) is 10.2. The fourth-order valence-electron chi connectivity index (χ4n) is 4.80. The molecule has 1 aliphatic heterocycles. The first kappa shape index (κ1) is 26.4. The lowest BCUT2D eigenvalue weighted by Gasteiger charge is -2.49. The Balaban J connectivity index is 1.93. The molecule has 0 radical (unpaired) electrons. The quantitative estimate of drug-likeness (QED) is 0.444. The summed E-state index contributed by atoms with van der Waals surface area (Å²) in [5.41, 5.74) is 4.19. The lowest BCUT2D eigenvalue weighted by molar-refractivity contribution is -0.938. The van der Waals surface area contributed by atoms with Crippen LogP contribution in [-0.2, 0) is 19.6 Å². The third-order valence-electron chi connectivity index (χ3n) is 6.82. The molecule has 1 saturated heterocycles. The van der Waals surface area contributed by atoms with Crippen LogP contribution in [0.25, 0.3) is 0 Å². The fraction of sp³-hybridized carbons (Fsp3) is 0.636. The van der Waals surface area contributed by atoms with Crippen molar-refractivity contribution in [2.45, 2.75) is 73.7 Å². The number of nitrogens with zero attached hydrogens (tertiary/aromatic N) is 2. The largest absolute Gasteiger partial charge is 0.353 e. The Labute approximate surface area is 206 Å². The summed E-state index contributed by atoms with van der Waals surface area (Å²) in [6.07, 6.45) is 4.68. The summed E-state index contributed by atoms with van der Waals surface area (Å²) in [5.74, 6) is -0.687. The number of amides is 2. The van der Waals surface area contributed by atoms with Crippen LogP contribution in [0.5, 0.6) is 0 Å². The van der Waals surface area contributed by atoms with E-state index in [9.17, 15) is 18.0 Å². The normalized spacial score (nSPS) is 28.0. The Hall–Kier alpha value is -1.23. The lowest BCUT2D eigenvalue weighted by atomic mass is 9.91. The van der Waals surface area contributed by atoms with E-state index in [2.05, 4.69) is 10.7 Å². The number of alkyl halides is 2. The highest BCUT2D eigenvalue weighted by Crippen LogP contribution is 2.35. The van der Waals surface area contributed by atoms with Crippen molar-refractivity contribution >= 4 is 50.7 Å². The molecule has 1 heterocycles. The van der Waals surface area contributed by atoms with Gasteiger partial charge in [-0.05, 0) is 44.4 Å². The zero-order valence-electron chi connectivity index (χ0n) is 19.5. The van der Waals surface area contributed by atoms with Gasteiger partial charge in [-0.25, -0.2) is 17.5 Å². The topological polar surface area (TPSA) is 95.6 Å². The van der Waals surface area contributed by atoms with Gasteiger partial charge in [0.15, 0.2) is 11.4 Å². The average Bonchev–Trinajstić information content (AvgIpc) is 2.79. The van der Waals surface area contributed by atoms with Gasteiger partial charge in [-0.3, -0.25) is 4.79 Å². The molecule has 2 aliphatic rings. The number of benzene rings is 1. The van der Waals surface area contributed by atoms with Crippen LogP contribution in [0.2, 0.25) is 0 Å². The van der Waals surface area contributed by atoms with E-state index in [1.807, 2.05) is 0 Å². The highest BCUT2D eigenvalue weighted by molar-refractivity contribution is 7.89. The van der Waals surface area contributed by atoms with Crippen LogP contribution < -0.4 is 10.7 Å². The molecule has 33 heavy (non-hydrogen) atoms. The van der Waals surface area contributed by atoms with Crippen molar-refractivity contribution in [3.8, 4) is 0 Å². The van der Waals surface area contributed by atoms with Crippen molar-refractivity contribution in [1.29, 1.82) is 0 Å². The van der Waals surface area contributed by atoms with Crippen LogP contribution in [0.3, 0.4) is 0 Å². The number of nitrogens with one attached hydrogen (secondary N) is 2. The smallest absolute Gasteiger partial charge is 0.321 e. The van der Waals surface area contributed by atoms with E-state index < -0.39 is 32.7 Å². The first-order valence-electron chi connectivity index (χ1n) is 11.2. The van der Waals surface area contributed by atoms with Gasteiger partial charge in [-0.15, -0.1) is 23.2 Å². The van der Waals surface area contributed by atoms with Crippen LogP contribution in [-0.4, -0.2) is 72.6 Å². The number of aryl methyl sites for hydroxylation is 1. The molecule has 4 atom stereocenters. The number of sulfonamides is 1. The summed E-state index contributed by atoms with van der Waals surface area (Å²) in [7, 11) is -0.761. The zero-order valence-corrected chi connectivity index (χ0v) is 21.8. The molecule has 8 nitrogen and oxygen atoms in total. The lowest BCUT2D eigenvalue weighted by Crippen LogP contribution is -2.78. The van der Waals surface area contributed by atoms with Gasteiger partial charge in [0.1, 0.15) is 6.04 Å². The second-order valence-electron chi connectivity index (χ2n) is 9.12. The van der Waals surface area contributed by atoms with Gasteiger partial charge >= 0.3 is 5.91 Å². The second-order valence-corrected chi connectivity index (χ2v) is 12.3. The molecule has 0 bridgehead atoms. The standard InChI is InChI=1S/C22H32Cl2N4O4S/c1-14-10-11-16(12-19(14)33(31,32)27(3)4)26-21(29)15(2)28(17-8-6-5-7-9-17)22(30)20(24)18(23)13-25-28/h10-12,15,17-18,20,25H,5-9,13H2,1-4H3/p+1. The first-order valence-corrected chi connectivity index (χ1v) is 13.5.